The summed E-state index contributed by atoms with van der Waals surface area (Å²) in [6.45, 7) is 4.43. The number of hydrogen-bond acceptors (Lipinski definition) is 2. The lowest BCUT2D eigenvalue weighted by Gasteiger charge is -2.05. The molecular weight excluding hydrogens is 178 g/mol. The van der Waals surface area contributed by atoms with Crippen LogP contribution >= 0.6 is 0 Å². The van der Waals surface area contributed by atoms with Gasteiger partial charge in [0.2, 0.25) is 5.91 Å². The van der Waals surface area contributed by atoms with E-state index in [9.17, 15) is 4.79 Å². The zero-order valence-corrected chi connectivity index (χ0v) is 8.95. The highest BCUT2D eigenvalue weighted by atomic mass is 16.1. The van der Waals surface area contributed by atoms with Gasteiger partial charge in [0.15, 0.2) is 0 Å². The van der Waals surface area contributed by atoms with Crippen LogP contribution in [0.25, 0.3) is 0 Å². The second kappa shape index (κ2) is 4.79. The van der Waals surface area contributed by atoms with E-state index in [2.05, 4.69) is 10.3 Å². The van der Waals surface area contributed by atoms with Gasteiger partial charge in [-0.1, -0.05) is 13.8 Å². The molecule has 4 heteroatoms. The van der Waals surface area contributed by atoms with Gasteiger partial charge >= 0.3 is 0 Å². The molecule has 1 N–H and O–H groups in total. The van der Waals surface area contributed by atoms with Gasteiger partial charge < -0.3 is 9.88 Å². The standard InChI is InChI=1S/C10H17N3O/c1-8(2)10(14)11-5-4-9-6-13(3)7-12-9/h6-8H,4-5H2,1-3H3,(H,11,14). The van der Waals surface area contributed by atoms with E-state index >= 15 is 0 Å². The molecule has 1 amide bonds. The van der Waals surface area contributed by atoms with E-state index in [1.807, 2.05) is 31.7 Å². The van der Waals surface area contributed by atoms with Crippen LogP contribution in [0.1, 0.15) is 19.5 Å². The molecule has 1 aromatic heterocycles. The highest BCUT2D eigenvalue weighted by molar-refractivity contribution is 5.77. The molecule has 78 valence electrons. The number of nitrogens with zero attached hydrogens (tertiary/aromatic N) is 2. The van der Waals surface area contributed by atoms with Crippen molar-refractivity contribution in [3.05, 3.63) is 18.2 Å². The minimum atomic E-state index is 0.0544. The van der Waals surface area contributed by atoms with Crippen molar-refractivity contribution in [2.75, 3.05) is 6.54 Å². The SMILES string of the molecule is CC(C)C(=O)NCCc1cn(C)cn1. The molecule has 1 aromatic rings. The molecule has 0 saturated heterocycles. The first-order valence-electron chi connectivity index (χ1n) is 4.84. The number of hydrogen-bond donors (Lipinski definition) is 1. The predicted octanol–water partition coefficient (Wildman–Crippen LogP) is 0.735. The number of aromatic nitrogens is 2. The van der Waals surface area contributed by atoms with Crippen LogP contribution in [0, 0.1) is 5.92 Å². The molecule has 0 atom stereocenters. The first-order chi connectivity index (χ1) is 6.59. The highest BCUT2D eigenvalue weighted by Crippen LogP contribution is 1.95. The van der Waals surface area contributed by atoms with Gasteiger partial charge in [-0.15, -0.1) is 0 Å². The lowest BCUT2D eigenvalue weighted by atomic mass is 10.2. The van der Waals surface area contributed by atoms with E-state index in [0.29, 0.717) is 6.54 Å². The predicted molar refractivity (Wildman–Crippen MR) is 54.8 cm³/mol. The molecule has 0 aliphatic carbocycles. The summed E-state index contributed by atoms with van der Waals surface area (Å²) in [5.41, 5.74) is 1.01. The van der Waals surface area contributed by atoms with Gasteiger partial charge in [-0.2, -0.15) is 0 Å². The monoisotopic (exact) mass is 195 g/mol. The van der Waals surface area contributed by atoms with E-state index in [0.717, 1.165) is 12.1 Å². The number of imidazole rings is 1. The van der Waals surface area contributed by atoms with Crippen molar-refractivity contribution >= 4 is 5.91 Å². The van der Waals surface area contributed by atoms with Gasteiger partial charge in [-0.05, 0) is 0 Å². The van der Waals surface area contributed by atoms with Gasteiger partial charge in [0.1, 0.15) is 0 Å². The summed E-state index contributed by atoms with van der Waals surface area (Å²) in [6, 6.07) is 0. The second-order valence-electron chi connectivity index (χ2n) is 3.73. The fraction of sp³-hybridized carbons (Fsp3) is 0.600. The van der Waals surface area contributed by atoms with Crippen LogP contribution in [0.5, 0.6) is 0 Å². The third-order valence-electron chi connectivity index (χ3n) is 1.96. The smallest absolute Gasteiger partial charge is 0.222 e. The van der Waals surface area contributed by atoms with Crippen molar-refractivity contribution in [3.63, 3.8) is 0 Å². The van der Waals surface area contributed by atoms with Crippen LogP contribution in [0.2, 0.25) is 0 Å². The van der Waals surface area contributed by atoms with Gasteiger partial charge in [-0.25, -0.2) is 4.98 Å². The quantitative estimate of drug-likeness (QED) is 0.770. The molecule has 4 nitrogen and oxygen atoms in total. The Bertz CT molecular complexity index is 304. The summed E-state index contributed by atoms with van der Waals surface area (Å²) in [4.78, 5) is 15.4. The molecule has 0 spiro atoms. The highest BCUT2D eigenvalue weighted by Gasteiger charge is 2.05. The third kappa shape index (κ3) is 3.20. The minimum absolute atomic E-state index is 0.0544. The zero-order chi connectivity index (χ0) is 10.6. The molecule has 0 unspecified atom stereocenters. The number of rotatable bonds is 4. The van der Waals surface area contributed by atoms with Crippen molar-refractivity contribution in [2.24, 2.45) is 13.0 Å². The number of amides is 1. The zero-order valence-electron chi connectivity index (χ0n) is 8.95. The Morgan fingerprint density at radius 1 is 1.64 bits per heavy atom. The van der Waals surface area contributed by atoms with E-state index in [1.54, 1.807) is 6.33 Å². The molecular formula is C10H17N3O. The van der Waals surface area contributed by atoms with Crippen molar-refractivity contribution in [1.29, 1.82) is 0 Å². The van der Waals surface area contributed by atoms with E-state index in [1.165, 1.54) is 0 Å². The van der Waals surface area contributed by atoms with Crippen LogP contribution in [-0.2, 0) is 18.3 Å². The fourth-order valence-corrected chi connectivity index (χ4v) is 1.11. The Labute approximate surface area is 84.3 Å². The third-order valence-corrected chi connectivity index (χ3v) is 1.96. The maximum Gasteiger partial charge on any atom is 0.222 e. The maximum absolute atomic E-state index is 11.2. The van der Waals surface area contributed by atoms with Crippen molar-refractivity contribution in [1.82, 2.24) is 14.9 Å². The summed E-state index contributed by atoms with van der Waals surface area (Å²) < 4.78 is 1.90. The molecule has 0 saturated carbocycles. The second-order valence-corrected chi connectivity index (χ2v) is 3.73. The maximum atomic E-state index is 11.2. The molecule has 14 heavy (non-hydrogen) atoms. The number of nitrogens with one attached hydrogen (secondary N) is 1. The van der Waals surface area contributed by atoms with Gasteiger partial charge in [-0.3, -0.25) is 4.79 Å². The molecule has 0 radical (unpaired) electrons. The summed E-state index contributed by atoms with van der Waals surface area (Å²) >= 11 is 0. The van der Waals surface area contributed by atoms with Crippen LogP contribution in [0.4, 0.5) is 0 Å². The Balaban J connectivity index is 2.25. The lowest BCUT2D eigenvalue weighted by Crippen LogP contribution is -2.29. The van der Waals surface area contributed by atoms with Crippen LogP contribution in [0.3, 0.4) is 0 Å². The Hall–Kier alpha value is -1.32. The molecule has 1 heterocycles. The summed E-state index contributed by atoms with van der Waals surface area (Å²) in [6.07, 6.45) is 4.51. The van der Waals surface area contributed by atoms with Crippen molar-refractivity contribution in [2.45, 2.75) is 20.3 Å². The Kier molecular flexibility index (Phi) is 3.68. The van der Waals surface area contributed by atoms with E-state index in [-0.39, 0.29) is 11.8 Å². The Morgan fingerprint density at radius 3 is 2.86 bits per heavy atom. The number of aryl methyl sites for hydroxylation is 1. The topological polar surface area (TPSA) is 46.9 Å². The fourth-order valence-electron chi connectivity index (χ4n) is 1.11. The number of carbonyl (C=O) groups excluding carboxylic acids is 1. The molecule has 0 fully saturated rings. The van der Waals surface area contributed by atoms with Crippen LogP contribution in [0.15, 0.2) is 12.5 Å². The summed E-state index contributed by atoms with van der Waals surface area (Å²) in [5.74, 6) is 0.152. The Morgan fingerprint density at radius 2 is 2.36 bits per heavy atom. The molecule has 0 bridgehead atoms. The van der Waals surface area contributed by atoms with Gasteiger partial charge in [0.25, 0.3) is 0 Å². The first kappa shape index (κ1) is 10.8. The molecule has 1 rings (SSSR count). The average Bonchev–Trinajstić information content (AvgIpc) is 2.51. The summed E-state index contributed by atoms with van der Waals surface area (Å²) in [5, 5.41) is 2.85. The van der Waals surface area contributed by atoms with Crippen molar-refractivity contribution < 1.29 is 4.79 Å². The molecule has 0 aliphatic heterocycles. The van der Waals surface area contributed by atoms with Crippen LogP contribution < -0.4 is 5.32 Å². The largest absolute Gasteiger partial charge is 0.355 e. The summed E-state index contributed by atoms with van der Waals surface area (Å²) in [7, 11) is 1.93. The van der Waals surface area contributed by atoms with Crippen LogP contribution in [-0.4, -0.2) is 22.0 Å². The molecule has 0 aliphatic rings. The van der Waals surface area contributed by atoms with Gasteiger partial charge in [0, 0.05) is 32.1 Å². The van der Waals surface area contributed by atoms with Crippen molar-refractivity contribution in [3.8, 4) is 0 Å². The lowest BCUT2D eigenvalue weighted by molar-refractivity contribution is -0.123. The number of carbonyl (C=O) groups is 1. The first-order valence-corrected chi connectivity index (χ1v) is 4.84. The molecule has 0 aromatic carbocycles. The van der Waals surface area contributed by atoms with Gasteiger partial charge in [0.05, 0.1) is 12.0 Å². The average molecular weight is 195 g/mol. The van der Waals surface area contributed by atoms with E-state index < -0.39 is 0 Å². The van der Waals surface area contributed by atoms with E-state index in [4.69, 9.17) is 0 Å². The minimum Gasteiger partial charge on any atom is -0.355 e. The normalized spacial score (nSPS) is 10.6.